The van der Waals surface area contributed by atoms with E-state index in [1.807, 2.05) is 12.1 Å². The van der Waals surface area contributed by atoms with Crippen LogP contribution in [0.25, 0.3) is 10.8 Å². The van der Waals surface area contributed by atoms with Crippen LogP contribution >= 0.6 is 12.4 Å². The fourth-order valence-electron chi connectivity index (χ4n) is 4.11. The molecule has 0 saturated carbocycles. The molecule has 1 aliphatic rings. The van der Waals surface area contributed by atoms with Crippen molar-refractivity contribution in [2.75, 3.05) is 18.0 Å². The number of hydrogen-bond acceptors (Lipinski definition) is 3. The van der Waals surface area contributed by atoms with Gasteiger partial charge < -0.3 is 10.2 Å². The summed E-state index contributed by atoms with van der Waals surface area (Å²) >= 11 is 0. The molecule has 1 aliphatic heterocycles. The van der Waals surface area contributed by atoms with Crippen molar-refractivity contribution in [3.8, 4) is 0 Å². The first kappa shape index (κ1) is 20.4. The highest BCUT2D eigenvalue weighted by Gasteiger charge is 2.24. The lowest BCUT2D eigenvalue weighted by Gasteiger charge is -2.23. The van der Waals surface area contributed by atoms with Crippen LogP contribution in [0, 0.1) is 0 Å². The normalized spacial score (nSPS) is 17.4. The zero-order valence-electron chi connectivity index (χ0n) is 16.4. The largest absolute Gasteiger partial charge is 0.370 e. The Bertz CT molecular complexity index is 949. The van der Waals surface area contributed by atoms with E-state index in [0.29, 0.717) is 12.1 Å². The third-order valence-corrected chi connectivity index (χ3v) is 5.60. The number of anilines is 1. The number of Topliss-reactive ketones (excluding diaryl/α,β-unsaturated/α-hetero) is 1. The predicted molar refractivity (Wildman–Crippen MR) is 120 cm³/mol. The molecule has 28 heavy (non-hydrogen) atoms. The number of benzene rings is 3. The zero-order chi connectivity index (χ0) is 18.8. The summed E-state index contributed by atoms with van der Waals surface area (Å²) in [5.41, 5.74) is 3.33. The van der Waals surface area contributed by atoms with Gasteiger partial charge in [-0.2, -0.15) is 0 Å². The lowest BCUT2D eigenvalue weighted by Crippen LogP contribution is -2.34. The molecule has 2 atom stereocenters. The molecule has 0 radical (unpaired) electrons. The van der Waals surface area contributed by atoms with E-state index in [4.69, 9.17) is 0 Å². The molecule has 1 fully saturated rings. The molecule has 0 spiro atoms. The summed E-state index contributed by atoms with van der Waals surface area (Å²) in [5.74, 6) is 0.117. The second-order valence-electron chi connectivity index (χ2n) is 7.49. The minimum atomic E-state index is 0. The lowest BCUT2D eigenvalue weighted by molar-refractivity contribution is 0.101. The number of rotatable bonds is 5. The van der Waals surface area contributed by atoms with Gasteiger partial charge in [-0.15, -0.1) is 12.4 Å². The number of ketones is 1. The fourth-order valence-corrected chi connectivity index (χ4v) is 4.11. The minimum absolute atomic E-state index is 0. The van der Waals surface area contributed by atoms with Crippen molar-refractivity contribution in [3.05, 3.63) is 77.9 Å². The Hall–Kier alpha value is -2.36. The van der Waals surface area contributed by atoms with Crippen LogP contribution in [-0.2, 0) is 0 Å². The molecular weight excluding hydrogens is 368 g/mol. The first-order valence-corrected chi connectivity index (χ1v) is 9.71. The Morgan fingerprint density at radius 2 is 1.75 bits per heavy atom. The van der Waals surface area contributed by atoms with Crippen molar-refractivity contribution in [2.45, 2.75) is 32.4 Å². The van der Waals surface area contributed by atoms with Gasteiger partial charge >= 0.3 is 0 Å². The Morgan fingerprint density at radius 1 is 1.04 bits per heavy atom. The van der Waals surface area contributed by atoms with Gasteiger partial charge in [0, 0.05) is 36.4 Å². The monoisotopic (exact) mass is 394 g/mol. The van der Waals surface area contributed by atoms with E-state index in [-0.39, 0.29) is 18.2 Å². The summed E-state index contributed by atoms with van der Waals surface area (Å²) in [6.45, 7) is 5.90. The lowest BCUT2D eigenvalue weighted by atomic mass is 9.99. The fraction of sp³-hybridized carbons (Fsp3) is 0.292. The van der Waals surface area contributed by atoms with Crippen molar-refractivity contribution in [2.24, 2.45) is 0 Å². The number of halogens is 1. The summed E-state index contributed by atoms with van der Waals surface area (Å²) < 4.78 is 0. The number of carbonyl (C=O) groups is 1. The minimum Gasteiger partial charge on any atom is -0.370 e. The molecular formula is C24H27ClN2O. The van der Waals surface area contributed by atoms with Crippen molar-refractivity contribution in [1.29, 1.82) is 0 Å². The van der Waals surface area contributed by atoms with Gasteiger partial charge in [0.25, 0.3) is 0 Å². The van der Waals surface area contributed by atoms with Gasteiger partial charge in [0.2, 0.25) is 0 Å². The van der Waals surface area contributed by atoms with E-state index >= 15 is 0 Å². The third kappa shape index (κ3) is 4.21. The van der Waals surface area contributed by atoms with Crippen LogP contribution in [0.3, 0.4) is 0 Å². The van der Waals surface area contributed by atoms with Gasteiger partial charge in [-0.25, -0.2) is 0 Å². The molecule has 1 saturated heterocycles. The number of hydrogen-bond donors (Lipinski definition) is 1. The Labute approximate surface area is 173 Å². The van der Waals surface area contributed by atoms with E-state index in [1.165, 1.54) is 22.0 Å². The average molecular weight is 395 g/mol. The van der Waals surface area contributed by atoms with Crippen LogP contribution in [0.15, 0.2) is 66.7 Å². The quantitative estimate of drug-likeness (QED) is 0.588. The predicted octanol–water partition coefficient (Wildman–Crippen LogP) is 5.39. The molecule has 0 aliphatic carbocycles. The van der Waals surface area contributed by atoms with Gasteiger partial charge in [-0.3, -0.25) is 4.79 Å². The van der Waals surface area contributed by atoms with Crippen LogP contribution in [0.2, 0.25) is 0 Å². The standard InChI is InChI=1S/C24H26N2O.ClH/c1-17(23-9-5-7-20-6-3-4-8-24(20)23)25-21-14-15-26(16-21)22-12-10-19(11-13-22)18(2)27;/h3-13,17,21,25H,14-16H2,1-2H3;1H/t17-,21+;/m1./s1. The van der Waals surface area contributed by atoms with Crippen LogP contribution in [0.1, 0.15) is 42.2 Å². The van der Waals surface area contributed by atoms with Crippen LogP contribution in [-0.4, -0.2) is 24.9 Å². The van der Waals surface area contributed by atoms with E-state index in [9.17, 15) is 4.79 Å². The van der Waals surface area contributed by atoms with Crippen molar-refractivity contribution < 1.29 is 4.79 Å². The van der Waals surface area contributed by atoms with Crippen molar-refractivity contribution >= 4 is 34.7 Å². The Balaban J connectivity index is 0.00000225. The van der Waals surface area contributed by atoms with Gasteiger partial charge in [0.05, 0.1) is 0 Å². The molecule has 1 N–H and O–H groups in total. The summed E-state index contributed by atoms with van der Waals surface area (Å²) in [6.07, 6.45) is 1.13. The molecule has 0 amide bonds. The first-order valence-electron chi connectivity index (χ1n) is 9.71. The topological polar surface area (TPSA) is 32.3 Å². The Morgan fingerprint density at radius 3 is 2.50 bits per heavy atom. The zero-order valence-corrected chi connectivity index (χ0v) is 17.2. The second kappa shape index (κ2) is 8.76. The smallest absolute Gasteiger partial charge is 0.159 e. The summed E-state index contributed by atoms with van der Waals surface area (Å²) in [6, 6.07) is 23.9. The number of fused-ring (bicyclic) bond motifs is 1. The molecule has 4 rings (SSSR count). The highest BCUT2D eigenvalue weighted by Crippen LogP contribution is 2.26. The molecule has 146 valence electrons. The second-order valence-corrected chi connectivity index (χ2v) is 7.49. The summed E-state index contributed by atoms with van der Waals surface area (Å²) in [7, 11) is 0. The molecule has 3 nitrogen and oxygen atoms in total. The van der Waals surface area contributed by atoms with Crippen LogP contribution in [0.5, 0.6) is 0 Å². The van der Waals surface area contributed by atoms with Crippen molar-refractivity contribution in [3.63, 3.8) is 0 Å². The molecule has 0 bridgehead atoms. The Kier molecular flexibility index (Phi) is 6.38. The highest BCUT2D eigenvalue weighted by molar-refractivity contribution is 5.94. The van der Waals surface area contributed by atoms with E-state index in [0.717, 1.165) is 25.1 Å². The molecule has 3 aromatic rings. The maximum absolute atomic E-state index is 11.5. The van der Waals surface area contributed by atoms with Crippen LogP contribution < -0.4 is 10.2 Å². The number of nitrogens with one attached hydrogen (secondary N) is 1. The number of carbonyl (C=O) groups excluding carboxylic acids is 1. The third-order valence-electron chi connectivity index (χ3n) is 5.60. The van der Waals surface area contributed by atoms with Gasteiger partial charge in [0.15, 0.2) is 5.78 Å². The van der Waals surface area contributed by atoms with Gasteiger partial charge in [-0.05, 0) is 60.9 Å². The van der Waals surface area contributed by atoms with Gasteiger partial charge in [-0.1, -0.05) is 42.5 Å². The highest BCUT2D eigenvalue weighted by atomic mass is 35.5. The maximum atomic E-state index is 11.5. The molecule has 3 aromatic carbocycles. The SMILES string of the molecule is CC(=O)c1ccc(N2CC[C@H](N[C@H](C)c3cccc4ccccc34)C2)cc1.Cl. The van der Waals surface area contributed by atoms with E-state index in [1.54, 1.807) is 6.92 Å². The molecule has 4 heteroatoms. The van der Waals surface area contributed by atoms with E-state index < -0.39 is 0 Å². The number of nitrogens with zero attached hydrogens (tertiary/aromatic N) is 1. The van der Waals surface area contributed by atoms with Crippen LogP contribution in [0.4, 0.5) is 5.69 Å². The molecule has 0 unspecified atom stereocenters. The summed E-state index contributed by atoms with van der Waals surface area (Å²) in [5, 5.41) is 6.44. The van der Waals surface area contributed by atoms with E-state index in [2.05, 4.69) is 71.7 Å². The first-order chi connectivity index (χ1) is 13.1. The summed E-state index contributed by atoms with van der Waals surface area (Å²) in [4.78, 5) is 13.9. The average Bonchev–Trinajstić information content (AvgIpc) is 3.16. The van der Waals surface area contributed by atoms with Gasteiger partial charge in [0.1, 0.15) is 0 Å². The molecule has 0 aromatic heterocycles. The van der Waals surface area contributed by atoms with Crippen molar-refractivity contribution in [1.82, 2.24) is 5.32 Å². The maximum Gasteiger partial charge on any atom is 0.159 e. The molecule has 1 heterocycles.